The van der Waals surface area contributed by atoms with E-state index in [9.17, 15) is 0 Å². The summed E-state index contributed by atoms with van der Waals surface area (Å²) in [5.41, 5.74) is 26.1. The van der Waals surface area contributed by atoms with Crippen LogP contribution in [0.25, 0.3) is 0 Å². The zero-order valence-corrected chi connectivity index (χ0v) is 6.99. The van der Waals surface area contributed by atoms with Crippen molar-refractivity contribution in [1.29, 1.82) is 0 Å². The highest BCUT2D eigenvalue weighted by Gasteiger charge is 2.20. The van der Waals surface area contributed by atoms with Crippen molar-refractivity contribution in [1.82, 2.24) is 0 Å². The fourth-order valence-corrected chi connectivity index (χ4v) is 0.630. The van der Waals surface area contributed by atoms with Crippen LogP contribution in [-0.4, -0.2) is 17.7 Å². The van der Waals surface area contributed by atoms with E-state index in [2.05, 4.69) is 9.98 Å². The lowest BCUT2D eigenvalue weighted by Crippen LogP contribution is -2.42. The van der Waals surface area contributed by atoms with Gasteiger partial charge in [0.1, 0.15) is 0 Å². The summed E-state index contributed by atoms with van der Waals surface area (Å²) in [7, 11) is 0. The highest BCUT2D eigenvalue weighted by Crippen LogP contribution is 2.08. The van der Waals surface area contributed by atoms with Gasteiger partial charge in [-0.1, -0.05) is 6.92 Å². The number of hydrogen-bond acceptors (Lipinski definition) is 3. The Kier molecular flexibility index (Phi) is 3.30. The lowest BCUT2D eigenvalue weighted by molar-refractivity contribution is 0.451. The third-order valence-electron chi connectivity index (χ3n) is 1.17. The molecule has 12 heavy (non-hydrogen) atoms. The maximum Gasteiger partial charge on any atom is 0.209 e. The molecule has 0 saturated carbocycles. The number of hydrogen-bond donors (Lipinski definition) is 5. The normalized spacial score (nSPS) is 10.5. The van der Waals surface area contributed by atoms with Crippen LogP contribution in [0.2, 0.25) is 0 Å². The number of aliphatic imine (C=N–C) groups is 2. The number of rotatable bonds is 3. The Bertz CT molecular complexity index is 180. The van der Waals surface area contributed by atoms with Crippen molar-refractivity contribution in [2.24, 2.45) is 38.7 Å². The molecule has 0 amide bonds. The summed E-state index contributed by atoms with van der Waals surface area (Å²) in [5, 5.41) is 0. The first-order chi connectivity index (χ1) is 5.39. The molecule has 0 spiro atoms. The Labute approximate surface area is 70.7 Å². The Morgan fingerprint density at radius 3 is 1.58 bits per heavy atom. The molecule has 0 saturated heterocycles. The third kappa shape index (κ3) is 3.62. The second-order valence-electron chi connectivity index (χ2n) is 2.31. The second kappa shape index (κ2) is 3.77. The summed E-state index contributed by atoms with van der Waals surface area (Å²) < 4.78 is 0. The van der Waals surface area contributed by atoms with Gasteiger partial charge in [-0.3, -0.25) is 5.73 Å². The Morgan fingerprint density at radius 1 is 1.08 bits per heavy atom. The zero-order valence-electron chi connectivity index (χ0n) is 6.99. The van der Waals surface area contributed by atoms with E-state index in [1.807, 2.05) is 0 Å². The molecule has 0 aromatic rings. The van der Waals surface area contributed by atoms with Gasteiger partial charge < -0.3 is 22.9 Å². The van der Waals surface area contributed by atoms with E-state index in [0.717, 1.165) is 0 Å². The van der Waals surface area contributed by atoms with Crippen LogP contribution in [0.1, 0.15) is 13.3 Å². The molecule has 0 radical (unpaired) electrons. The van der Waals surface area contributed by atoms with Crippen LogP contribution >= 0.6 is 0 Å². The number of guanidine groups is 2. The number of nitrogens with two attached hydrogens (primary N) is 5. The van der Waals surface area contributed by atoms with Crippen molar-refractivity contribution in [2.75, 3.05) is 0 Å². The molecule has 70 valence electrons. The zero-order chi connectivity index (χ0) is 9.78. The molecule has 10 N–H and O–H groups in total. The third-order valence-corrected chi connectivity index (χ3v) is 1.17. The molecule has 0 atom stereocenters. The molecule has 7 heteroatoms. The maximum atomic E-state index is 5.60. The molecular weight excluding hydrogens is 158 g/mol. The van der Waals surface area contributed by atoms with Crippen molar-refractivity contribution < 1.29 is 0 Å². The summed E-state index contributed by atoms with van der Waals surface area (Å²) in [6.45, 7) is 1.76. The van der Waals surface area contributed by atoms with Crippen LogP contribution in [0.15, 0.2) is 9.98 Å². The molecule has 0 unspecified atom stereocenters. The van der Waals surface area contributed by atoms with Gasteiger partial charge in [-0.2, -0.15) is 0 Å². The molecule has 0 aliphatic heterocycles. The minimum Gasteiger partial charge on any atom is -0.370 e. The quantitative estimate of drug-likeness (QED) is 0.237. The lowest BCUT2D eigenvalue weighted by atomic mass is 10.3. The van der Waals surface area contributed by atoms with E-state index >= 15 is 0 Å². The van der Waals surface area contributed by atoms with Crippen molar-refractivity contribution in [3.8, 4) is 0 Å². The Balaban J connectivity index is 4.69. The topological polar surface area (TPSA) is 155 Å². The van der Waals surface area contributed by atoms with Crippen LogP contribution in [0.5, 0.6) is 0 Å². The maximum absolute atomic E-state index is 5.60. The van der Waals surface area contributed by atoms with E-state index in [-0.39, 0.29) is 11.9 Å². The molecule has 0 aromatic heterocycles. The van der Waals surface area contributed by atoms with Crippen LogP contribution in [0, 0.1) is 0 Å². The second-order valence-corrected chi connectivity index (χ2v) is 2.31. The summed E-state index contributed by atoms with van der Waals surface area (Å²) in [5.74, 6) is -1.54. The highest BCUT2D eigenvalue weighted by molar-refractivity contribution is 5.78. The van der Waals surface area contributed by atoms with Crippen molar-refractivity contribution >= 4 is 11.9 Å². The van der Waals surface area contributed by atoms with Gasteiger partial charge in [0.15, 0.2) is 11.9 Å². The minimum absolute atomic E-state index is 0.149. The minimum atomic E-state index is -1.24. The molecule has 0 aliphatic carbocycles. The van der Waals surface area contributed by atoms with Crippen LogP contribution < -0.4 is 28.7 Å². The van der Waals surface area contributed by atoms with Gasteiger partial charge in [0.2, 0.25) is 5.79 Å². The van der Waals surface area contributed by atoms with Crippen LogP contribution in [0.4, 0.5) is 0 Å². The lowest BCUT2D eigenvalue weighted by Gasteiger charge is -2.18. The Morgan fingerprint density at radius 2 is 1.42 bits per heavy atom. The fourth-order valence-electron chi connectivity index (χ4n) is 0.630. The highest BCUT2D eigenvalue weighted by atomic mass is 15.3. The molecule has 7 nitrogen and oxygen atoms in total. The SMILES string of the molecule is CCC(N)(N=C(N)N)N=C(N)N. The first-order valence-corrected chi connectivity index (χ1v) is 3.40. The predicted molar refractivity (Wildman–Crippen MR) is 48.8 cm³/mol. The molecule has 0 bridgehead atoms. The summed E-state index contributed by atoms with van der Waals surface area (Å²) >= 11 is 0. The average molecular weight is 173 g/mol. The first-order valence-electron chi connectivity index (χ1n) is 3.40. The molecule has 0 aromatic carbocycles. The van der Waals surface area contributed by atoms with Gasteiger partial charge in [0, 0.05) is 6.42 Å². The van der Waals surface area contributed by atoms with E-state index in [1.54, 1.807) is 6.92 Å². The van der Waals surface area contributed by atoms with E-state index in [1.165, 1.54) is 0 Å². The van der Waals surface area contributed by atoms with E-state index in [0.29, 0.717) is 6.42 Å². The van der Waals surface area contributed by atoms with E-state index < -0.39 is 5.79 Å². The first kappa shape index (κ1) is 10.5. The number of nitrogens with zero attached hydrogens (tertiary/aromatic N) is 2. The van der Waals surface area contributed by atoms with Crippen LogP contribution in [0.3, 0.4) is 0 Å². The summed E-state index contributed by atoms with van der Waals surface area (Å²) in [4.78, 5) is 7.34. The van der Waals surface area contributed by atoms with Crippen LogP contribution in [-0.2, 0) is 0 Å². The Hall–Kier alpha value is -1.50. The van der Waals surface area contributed by atoms with Gasteiger partial charge in [-0.15, -0.1) is 0 Å². The van der Waals surface area contributed by atoms with Crippen molar-refractivity contribution in [3.05, 3.63) is 0 Å². The standard InChI is InChI=1S/C5H15N7/c1-2-5(10,11-3(6)7)12-4(8)9/h2,10H2,1H3,(H4,6,7,11)(H4,8,9,12). The smallest absolute Gasteiger partial charge is 0.209 e. The van der Waals surface area contributed by atoms with Gasteiger partial charge in [-0.05, 0) is 0 Å². The molecule has 0 heterocycles. The largest absolute Gasteiger partial charge is 0.370 e. The average Bonchev–Trinajstić information content (AvgIpc) is 1.83. The predicted octanol–water partition coefficient (Wildman–Crippen LogP) is -2.44. The molecular formula is C5H15N7. The molecule has 0 rings (SSSR count). The summed E-state index contributed by atoms with van der Waals surface area (Å²) in [6, 6.07) is 0. The molecule has 0 fully saturated rings. The van der Waals surface area contributed by atoms with Crippen molar-refractivity contribution in [3.63, 3.8) is 0 Å². The fraction of sp³-hybridized carbons (Fsp3) is 0.600. The monoisotopic (exact) mass is 173 g/mol. The van der Waals surface area contributed by atoms with Gasteiger partial charge in [0.05, 0.1) is 0 Å². The van der Waals surface area contributed by atoms with Gasteiger partial charge in [0.25, 0.3) is 0 Å². The summed E-state index contributed by atoms with van der Waals surface area (Å²) in [6.07, 6.45) is 0.406. The van der Waals surface area contributed by atoms with Crippen molar-refractivity contribution in [2.45, 2.75) is 19.1 Å². The van der Waals surface area contributed by atoms with Gasteiger partial charge >= 0.3 is 0 Å². The van der Waals surface area contributed by atoms with E-state index in [4.69, 9.17) is 28.7 Å². The molecule has 0 aliphatic rings. The van der Waals surface area contributed by atoms with Gasteiger partial charge in [-0.25, -0.2) is 9.98 Å².